The number of piperidine rings is 3. The second kappa shape index (κ2) is 20.5. The van der Waals surface area contributed by atoms with E-state index in [9.17, 15) is 23.7 Å². The molecule has 73 heavy (non-hydrogen) atoms. The number of anilines is 6. The molecule has 4 fully saturated rings. The predicted octanol–water partition coefficient (Wildman–Crippen LogP) is 7.06. The average Bonchev–Trinajstić information content (AvgIpc) is 3.64. The molecule has 3 amide bonds. The highest BCUT2D eigenvalue weighted by atomic mass is 79.9. The summed E-state index contributed by atoms with van der Waals surface area (Å²) in [5, 5.41) is 10.8. The summed E-state index contributed by atoms with van der Waals surface area (Å²) in [6, 6.07) is 17.6. The first-order valence-electron chi connectivity index (χ1n) is 25.4. The van der Waals surface area contributed by atoms with E-state index in [1.54, 1.807) is 38.3 Å². The zero-order valence-electron chi connectivity index (χ0n) is 42.4. The van der Waals surface area contributed by atoms with Crippen molar-refractivity contribution >= 4 is 103 Å². The van der Waals surface area contributed by atoms with Gasteiger partial charge in [0, 0.05) is 118 Å². The largest absolute Gasteiger partial charge is 0.494 e. The monoisotopic (exact) mass is 1070 g/mol. The Morgan fingerprint density at radius 3 is 2.29 bits per heavy atom. The molecule has 1 unspecified atom stereocenters. The van der Waals surface area contributed by atoms with Crippen LogP contribution in [0, 0.1) is 12.8 Å². The van der Waals surface area contributed by atoms with Crippen molar-refractivity contribution < 1.29 is 23.7 Å². The summed E-state index contributed by atoms with van der Waals surface area (Å²) in [4.78, 5) is 75.2. The second-order valence-electron chi connectivity index (χ2n) is 20.2. The molecule has 4 aliphatic heterocycles. The maximum absolute atomic E-state index is 13.9. The number of rotatable bonds is 12. The lowest BCUT2D eigenvalue weighted by molar-refractivity contribution is -0.138. The minimum Gasteiger partial charge on any atom is -0.494 e. The van der Waals surface area contributed by atoms with Gasteiger partial charge < -0.3 is 34.6 Å². The highest BCUT2D eigenvalue weighted by Gasteiger charge is 2.35. The van der Waals surface area contributed by atoms with Crippen LogP contribution >= 0.6 is 23.1 Å². The molecule has 3 N–H and O–H groups in total. The van der Waals surface area contributed by atoms with Crippen LogP contribution in [0.25, 0.3) is 21.9 Å². The van der Waals surface area contributed by atoms with Crippen molar-refractivity contribution in [2.75, 3.05) is 93.2 Å². The van der Waals surface area contributed by atoms with Gasteiger partial charge in [-0.3, -0.25) is 38.7 Å². The number of halogens is 1. The number of imide groups is 1. The van der Waals surface area contributed by atoms with Gasteiger partial charge in [0.05, 0.1) is 39.5 Å². The lowest BCUT2D eigenvalue weighted by Crippen LogP contribution is -2.55. The molecule has 384 valence electrons. The number of methoxy groups -OCH3 is 1. The molecule has 3 aromatic heterocycles. The van der Waals surface area contributed by atoms with Crippen LogP contribution in [0.2, 0.25) is 0 Å². The van der Waals surface area contributed by atoms with Gasteiger partial charge in [0.15, 0.2) is 0 Å². The number of benzene rings is 3. The third-order valence-electron chi connectivity index (χ3n) is 15.3. The normalized spacial score (nSPS) is 18.7. The fourth-order valence-corrected chi connectivity index (χ4v) is 13.2. The number of hydrogen-bond donors (Lipinski definition) is 3. The number of hydrogen-bond acceptors (Lipinski definition) is 14. The van der Waals surface area contributed by atoms with E-state index < -0.39 is 19.1 Å². The highest BCUT2D eigenvalue weighted by molar-refractivity contribution is 9.10. The molecule has 0 radical (unpaired) electrons. The van der Waals surface area contributed by atoms with Crippen LogP contribution in [0.4, 0.5) is 34.5 Å². The van der Waals surface area contributed by atoms with Crippen LogP contribution in [-0.4, -0.2) is 130 Å². The van der Waals surface area contributed by atoms with Gasteiger partial charge in [-0.05, 0) is 123 Å². The number of nitrogens with one attached hydrogen (secondary N) is 3. The zero-order chi connectivity index (χ0) is 51.3. The molecular weight excluding hydrogens is 1010 g/mol. The van der Waals surface area contributed by atoms with Crippen molar-refractivity contribution in [3.05, 3.63) is 87.0 Å². The third-order valence-corrected chi connectivity index (χ3v) is 17.4. The maximum Gasteiger partial charge on any atom is 0.329 e. The first-order valence-corrected chi connectivity index (χ1v) is 28.8. The van der Waals surface area contributed by atoms with E-state index in [1.807, 2.05) is 49.4 Å². The van der Waals surface area contributed by atoms with Crippen LogP contribution in [0.15, 0.2) is 70.1 Å². The molecule has 4 saturated heterocycles. The van der Waals surface area contributed by atoms with E-state index in [-0.39, 0.29) is 29.8 Å². The molecule has 0 bridgehead atoms. The highest BCUT2D eigenvalue weighted by Crippen LogP contribution is 2.43. The van der Waals surface area contributed by atoms with Crippen LogP contribution in [0.1, 0.15) is 62.7 Å². The molecule has 1 atom stereocenters. The zero-order valence-corrected chi connectivity index (χ0v) is 44.9. The number of aromatic nitrogens is 5. The van der Waals surface area contributed by atoms with Crippen molar-refractivity contribution in [2.24, 2.45) is 13.0 Å². The Labute approximate surface area is 433 Å². The van der Waals surface area contributed by atoms with E-state index >= 15 is 0 Å². The number of imidazole rings is 1. The van der Waals surface area contributed by atoms with Crippen molar-refractivity contribution in [1.29, 1.82) is 0 Å². The van der Waals surface area contributed by atoms with Gasteiger partial charge in [0.25, 0.3) is 0 Å². The Morgan fingerprint density at radius 2 is 1.59 bits per heavy atom. The molecule has 10 rings (SSSR count). The molecule has 3 aromatic carbocycles. The van der Waals surface area contributed by atoms with E-state index in [2.05, 4.69) is 80.5 Å². The molecule has 0 aliphatic carbocycles. The second-order valence-corrected chi connectivity index (χ2v) is 24.2. The summed E-state index contributed by atoms with van der Waals surface area (Å²) in [5.74, 6) is 1.07. The average molecular weight is 1080 g/mol. The fraction of sp³-hybridized carbons (Fsp3) is 0.453. The number of aryl methyl sites for hydroxylation is 3. The van der Waals surface area contributed by atoms with Crippen LogP contribution in [-0.2, 0) is 32.4 Å². The maximum atomic E-state index is 13.9. The first kappa shape index (κ1) is 50.2. The van der Waals surface area contributed by atoms with E-state index in [0.717, 1.165) is 129 Å². The number of carbonyl (C=O) groups is 3. The third kappa shape index (κ3) is 10.1. The summed E-state index contributed by atoms with van der Waals surface area (Å²) in [6.45, 7) is 14.2. The van der Waals surface area contributed by atoms with Gasteiger partial charge in [-0.25, -0.2) is 9.78 Å². The number of fused-ring (bicyclic) bond motifs is 2. The van der Waals surface area contributed by atoms with Gasteiger partial charge in [-0.2, -0.15) is 4.98 Å². The Balaban J connectivity index is 0.728. The van der Waals surface area contributed by atoms with Crippen LogP contribution in [0.3, 0.4) is 0 Å². The SMILES string of the molecule is CCc1cc(Nc2ncc(Br)c(Nc3ccc4nc(C)ccc4c3P(C)(C)=O)n2)c(OC)cc1N1CCC(N2CCN(C(=O)C3CCN(c4ccc5c(c4)n(C)c(=O)n5C4CCC(=O)NC4=O)CC3)CC2)CC1. The molecule has 4 aliphatic rings. The van der Waals surface area contributed by atoms with Crippen molar-refractivity contribution in [2.45, 2.75) is 70.9 Å². The molecule has 7 heterocycles. The van der Waals surface area contributed by atoms with Crippen molar-refractivity contribution in [1.82, 2.24) is 39.2 Å². The lowest BCUT2D eigenvalue weighted by Gasteiger charge is -2.44. The minimum absolute atomic E-state index is 0.0210. The van der Waals surface area contributed by atoms with Gasteiger partial charge in [0.1, 0.15) is 24.8 Å². The van der Waals surface area contributed by atoms with E-state index in [1.165, 1.54) is 10.1 Å². The van der Waals surface area contributed by atoms with Gasteiger partial charge >= 0.3 is 5.69 Å². The lowest BCUT2D eigenvalue weighted by atomic mass is 9.94. The number of pyridine rings is 1. The summed E-state index contributed by atoms with van der Waals surface area (Å²) in [7, 11) is 0.647. The summed E-state index contributed by atoms with van der Waals surface area (Å²) in [6.07, 6.45) is 6.60. The number of piperazine rings is 1. The van der Waals surface area contributed by atoms with E-state index in [0.29, 0.717) is 45.7 Å². The predicted molar refractivity (Wildman–Crippen MR) is 291 cm³/mol. The Morgan fingerprint density at radius 1 is 0.849 bits per heavy atom. The quantitative estimate of drug-likeness (QED) is 0.0834. The fourth-order valence-electron chi connectivity index (χ4n) is 11.4. The molecule has 6 aromatic rings. The van der Waals surface area contributed by atoms with Crippen LogP contribution < -0.4 is 41.5 Å². The number of amides is 3. The first-order chi connectivity index (χ1) is 35.1. The number of ether oxygens (including phenoxy) is 1. The Hall–Kier alpha value is -6.30. The molecule has 0 saturated carbocycles. The van der Waals surface area contributed by atoms with E-state index in [4.69, 9.17) is 9.72 Å². The van der Waals surface area contributed by atoms with Crippen LogP contribution in [0.5, 0.6) is 5.75 Å². The smallest absolute Gasteiger partial charge is 0.329 e. The minimum atomic E-state index is -2.74. The Kier molecular flexibility index (Phi) is 14.1. The topological polar surface area (TPSA) is 192 Å². The Bertz CT molecular complexity index is 3240. The summed E-state index contributed by atoms with van der Waals surface area (Å²) < 4.78 is 23.4. The molecule has 20 heteroatoms. The summed E-state index contributed by atoms with van der Waals surface area (Å²) >= 11 is 3.62. The van der Waals surface area contributed by atoms with Crippen molar-refractivity contribution in [3.8, 4) is 5.75 Å². The molecule has 18 nitrogen and oxygen atoms in total. The van der Waals surface area contributed by atoms with Crippen molar-refractivity contribution in [3.63, 3.8) is 0 Å². The van der Waals surface area contributed by atoms with Gasteiger partial charge in [0.2, 0.25) is 23.7 Å². The van der Waals surface area contributed by atoms with Gasteiger partial charge in [-0.1, -0.05) is 13.0 Å². The standard InChI is InChI=1S/C53H64BrN12O6P/c1-7-33-28-41(58-52-55-31-38(54)49(60-52)57-40-12-11-39-37(10-8-32(2)56-39)48(40)73(5,6)71)46(72-4)30-44(33)64-22-18-35(19-23-64)63-24-26-65(27-25-63)51(69)34-16-20-62(21-17-34)36-9-13-42-45(29-36)61(3)53(70)66(42)43-14-15-47(67)59-50(43)68/h8-13,28-31,34-35,43H,7,14-27H2,1-6H3,(H,59,67,68)(H2,55,57,58,60). The summed E-state index contributed by atoms with van der Waals surface area (Å²) in [5.41, 5.74) is 7.60. The number of carbonyl (C=O) groups excluding carboxylic acids is 3. The molecular formula is C53H64BrN12O6P. The van der Waals surface area contributed by atoms with Gasteiger partial charge in [-0.15, -0.1) is 0 Å². The molecule has 0 spiro atoms. The number of nitrogens with zero attached hydrogens (tertiary/aromatic N) is 9.